The van der Waals surface area contributed by atoms with Crippen molar-refractivity contribution in [1.29, 1.82) is 0 Å². The van der Waals surface area contributed by atoms with Gasteiger partial charge in [-0.3, -0.25) is 4.79 Å². The van der Waals surface area contributed by atoms with Gasteiger partial charge in [-0.15, -0.1) is 0 Å². The highest BCUT2D eigenvalue weighted by molar-refractivity contribution is 7.91. The molecule has 0 bridgehead atoms. The van der Waals surface area contributed by atoms with Crippen LogP contribution in [-0.2, 0) is 21.1 Å². The van der Waals surface area contributed by atoms with Gasteiger partial charge in [0.15, 0.2) is 9.84 Å². The lowest BCUT2D eigenvalue weighted by atomic mass is 9.92. The summed E-state index contributed by atoms with van der Waals surface area (Å²) < 4.78 is 23.4. The van der Waals surface area contributed by atoms with Crippen LogP contribution in [0.2, 0.25) is 0 Å². The lowest BCUT2D eigenvalue weighted by molar-refractivity contribution is -0.132. The molecule has 0 spiro atoms. The van der Waals surface area contributed by atoms with E-state index in [9.17, 15) is 13.2 Å². The molecule has 0 aromatic heterocycles. The lowest BCUT2D eigenvalue weighted by Gasteiger charge is -2.28. The van der Waals surface area contributed by atoms with E-state index in [-0.39, 0.29) is 23.5 Å². The van der Waals surface area contributed by atoms with Crippen LogP contribution in [0.5, 0.6) is 0 Å². The molecule has 2 rings (SSSR count). The van der Waals surface area contributed by atoms with Gasteiger partial charge in [0.05, 0.1) is 17.9 Å². The van der Waals surface area contributed by atoms with Gasteiger partial charge >= 0.3 is 0 Å². The maximum atomic E-state index is 12.8. The van der Waals surface area contributed by atoms with Crippen LogP contribution in [0.15, 0.2) is 6.07 Å². The van der Waals surface area contributed by atoms with E-state index in [1.807, 2.05) is 6.92 Å². The zero-order valence-electron chi connectivity index (χ0n) is 14.8. The molecule has 0 radical (unpaired) electrons. The van der Waals surface area contributed by atoms with Gasteiger partial charge in [-0.25, -0.2) is 8.42 Å². The summed E-state index contributed by atoms with van der Waals surface area (Å²) in [6.45, 7) is 10.7. The molecule has 0 N–H and O–H groups in total. The molecule has 5 heteroatoms. The monoisotopic (exact) mass is 337 g/mol. The highest BCUT2D eigenvalue weighted by atomic mass is 32.2. The van der Waals surface area contributed by atoms with Crippen molar-refractivity contribution in [2.45, 2.75) is 53.5 Å². The van der Waals surface area contributed by atoms with Crippen molar-refractivity contribution in [3.05, 3.63) is 33.9 Å². The van der Waals surface area contributed by atoms with Gasteiger partial charge in [0.2, 0.25) is 5.91 Å². The van der Waals surface area contributed by atoms with Crippen molar-refractivity contribution < 1.29 is 13.2 Å². The van der Waals surface area contributed by atoms with E-state index in [2.05, 4.69) is 33.8 Å². The fourth-order valence-corrected chi connectivity index (χ4v) is 5.21. The van der Waals surface area contributed by atoms with Crippen LogP contribution in [0.25, 0.3) is 0 Å². The van der Waals surface area contributed by atoms with Crippen molar-refractivity contribution in [2.75, 3.05) is 18.1 Å². The van der Waals surface area contributed by atoms with E-state index in [0.29, 0.717) is 19.4 Å². The van der Waals surface area contributed by atoms with Crippen molar-refractivity contribution in [3.63, 3.8) is 0 Å². The summed E-state index contributed by atoms with van der Waals surface area (Å²) in [5.74, 6) is 0.339. The first kappa shape index (κ1) is 18.0. The Balaban J connectivity index is 2.24. The third kappa shape index (κ3) is 3.77. The molecule has 1 aromatic carbocycles. The minimum absolute atomic E-state index is 0.0331. The summed E-state index contributed by atoms with van der Waals surface area (Å²) in [6.07, 6.45) is 0.914. The van der Waals surface area contributed by atoms with E-state index >= 15 is 0 Å². The van der Waals surface area contributed by atoms with E-state index in [1.165, 1.54) is 11.1 Å². The van der Waals surface area contributed by atoms with Crippen LogP contribution >= 0.6 is 0 Å². The molecule has 4 nitrogen and oxygen atoms in total. The zero-order valence-corrected chi connectivity index (χ0v) is 15.6. The number of benzene rings is 1. The summed E-state index contributed by atoms with van der Waals surface area (Å²) in [6, 6.07) is 1.99. The van der Waals surface area contributed by atoms with Crippen LogP contribution < -0.4 is 0 Å². The second kappa shape index (κ2) is 6.63. The van der Waals surface area contributed by atoms with E-state index in [0.717, 1.165) is 16.7 Å². The summed E-state index contributed by atoms with van der Waals surface area (Å²) in [5, 5.41) is 0. The molecule has 1 aliphatic heterocycles. The third-order valence-corrected chi connectivity index (χ3v) is 6.91. The van der Waals surface area contributed by atoms with Gasteiger partial charge in [-0.1, -0.05) is 6.07 Å². The van der Waals surface area contributed by atoms with Crippen LogP contribution in [-0.4, -0.2) is 43.3 Å². The molecule has 0 saturated carbocycles. The molecule has 128 valence electrons. The van der Waals surface area contributed by atoms with Gasteiger partial charge in [-0.05, 0) is 68.9 Å². The molecular formula is C18H27NO3S. The molecule has 23 heavy (non-hydrogen) atoms. The second-order valence-electron chi connectivity index (χ2n) is 6.65. The van der Waals surface area contributed by atoms with Gasteiger partial charge in [0, 0.05) is 12.6 Å². The molecule has 1 amide bonds. The Bertz CT molecular complexity index is 696. The summed E-state index contributed by atoms with van der Waals surface area (Å²) in [5.41, 5.74) is 5.81. The third-order valence-electron chi connectivity index (χ3n) is 5.16. The summed E-state index contributed by atoms with van der Waals surface area (Å²) >= 11 is 0. The number of nitrogens with zero attached hydrogens (tertiary/aromatic N) is 1. The predicted molar refractivity (Wildman–Crippen MR) is 93.5 cm³/mol. The Morgan fingerprint density at radius 1 is 1.17 bits per heavy atom. The number of hydrogen-bond donors (Lipinski definition) is 0. The number of sulfone groups is 1. The SMILES string of the molecule is CCN(C(=O)Cc1c(C)c(C)cc(C)c1C)C1CCS(=O)(=O)C1. The Kier molecular flexibility index (Phi) is 5.19. The Morgan fingerprint density at radius 2 is 1.74 bits per heavy atom. The average molecular weight is 337 g/mol. The average Bonchev–Trinajstić information content (AvgIpc) is 2.82. The van der Waals surface area contributed by atoms with Crippen molar-refractivity contribution >= 4 is 15.7 Å². The molecule has 1 aliphatic rings. The fraction of sp³-hybridized carbons (Fsp3) is 0.611. The number of hydrogen-bond acceptors (Lipinski definition) is 3. The van der Waals surface area contributed by atoms with Gasteiger partial charge in [0.25, 0.3) is 0 Å². The van der Waals surface area contributed by atoms with Crippen LogP contribution in [0, 0.1) is 27.7 Å². The number of rotatable bonds is 4. The van der Waals surface area contributed by atoms with Crippen LogP contribution in [0.1, 0.15) is 41.2 Å². The standard InChI is InChI=1S/C18H27NO3S/c1-6-19(16-7-8-23(21,22)11-16)18(20)10-17-14(4)12(2)9-13(3)15(17)5/h9,16H,6-8,10-11H2,1-5H3. The number of amides is 1. The highest BCUT2D eigenvalue weighted by Crippen LogP contribution is 2.24. The maximum Gasteiger partial charge on any atom is 0.227 e. The molecule has 1 atom stereocenters. The molecule has 1 fully saturated rings. The normalized spacial score (nSPS) is 19.8. The Labute approximate surface area is 139 Å². The summed E-state index contributed by atoms with van der Waals surface area (Å²) in [4.78, 5) is 14.6. The second-order valence-corrected chi connectivity index (χ2v) is 8.88. The molecule has 1 saturated heterocycles. The molecule has 1 unspecified atom stereocenters. The minimum Gasteiger partial charge on any atom is -0.339 e. The van der Waals surface area contributed by atoms with Crippen LogP contribution in [0.3, 0.4) is 0 Å². The predicted octanol–water partition coefficient (Wildman–Crippen LogP) is 2.50. The van der Waals surface area contributed by atoms with E-state index in [4.69, 9.17) is 0 Å². The van der Waals surface area contributed by atoms with Gasteiger partial charge in [-0.2, -0.15) is 0 Å². The van der Waals surface area contributed by atoms with Gasteiger partial charge < -0.3 is 4.90 Å². The molecule has 1 heterocycles. The molecule has 1 aromatic rings. The Morgan fingerprint density at radius 3 is 2.17 bits per heavy atom. The van der Waals surface area contributed by atoms with Crippen molar-refractivity contribution in [1.82, 2.24) is 4.90 Å². The quantitative estimate of drug-likeness (QED) is 0.848. The first-order chi connectivity index (χ1) is 10.7. The maximum absolute atomic E-state index is 12.8. The molecule has 0 aliphatic carbocycles. The van der Waals surface area contributed by atoms with Crippen LogP contribution in [0.4, 0.5) is 0 Å². The Hall–Kier alpha value is -1.36. The lowest BCUT2D eigenvalue weighted by Crippen LogP contribution is -2.42. The number of carbonyl (C=O) groups excluding carboxylic acids is 1. The smallest absolute Gasteiger partial charge is 0.227 e. The topological polar surface area (TPSA) is 54.5 Å². The highest BCUT2D eigenvalue weighted by Gasteiger charge is 2.34. The van der Waals surface area contributed by atoms with E-state index < -0.39 is 9.84 Å². The summed E-state index contributed by atoms with van der Waals surface area (Å²) in [7, 11) is -2.98. The zero-order chi connectivity index (χ0) is 17.4. The number of carbonyl (C=O) groups is 1. The number of aryl methyl sites for hydroxylation is 2. The fourth-order valence-electron chi connectivity index (χ4n) is 3.48. The van der Waals surface area contributed by atoms with E-state index in [1.54, 1.807) is 4.90 Å². The van der Waals surface area contributed by atoms with Crippen molar-refractivity contribution in [3.8, 4) is 0 Å². The van der Waals surface area contributed by atoms with Crippen molar-refractivity contribution in [2.24, 2.45) is 0 Å². The largest absolute Gasteiger partial charge is 0.339 e. The minimum atomic E-state index is -2.98. The first-order valence-corrected chi connectivity index (χ1v) is 10.0. The molecular weight excluding hydrogens is 310 g/mol. The number of likely N-dealkylation sites (N-methyl/N-ethyl adjacent to an activating group) is 1. The first-order valence-electron chi connectivity index (χ1n) is 8.22. The van der Waals surface area contributed by atoms with Gasteiger partial charge in [0.1, 0.15) is 0 Å².